The van der Waals surface area contributed by atoms with Crippen molar-refractivity contribution in [1.82, 2.24) is 0 Å². The monoisotopic (exact) mass is 424 g/mol. The van der Waals surface area contributed by atoms with Gasteiger partial charge in [0.1, 0.15) is 18.0 Å². The van der Waals surface area contributed by atoms with Crippen molar-refractivity contribution in [2.45, 2.75) is 12.0 Å². The van der Waals surface area contributed by atoms with E-state index in [0.717, 1.165) is 32.2 Å². The van der Waals surface area contributed by atoms with Gasteiger partial charge in [-0.1, -0.05) is 22.0 Å². The van der Waals surface area contributed by atoms with Gasteiger partial charge in [0.05, 0.1) is 11.1 Å². The largest absolute Gasteiger partial charge is 0.489 e. The van der Waals surface area contributed by atoms with E-state index < -0.39 is 0 Å². The molecule has 0 aliphatic carbocycles. The van der Waals surface area contributed by atoms with E-state index >= 15 is 0 Å². The van der Waals surface area contributed by atoms with Crippen LogP contribution in [0.5, 0.6) is 5.75 Å². The summed E-state index contributed by atoms with van der Waals surface area (Å²) in [6.07, 6.45) is 2.68. The van der Waals surface area contributed by atoms with Crippen molar-refractivity contribution >= 4 is 47.8 Å². The normalized spacial score (nSPS) is 22.3. The number of rotatable bonds is 5. The third kappa shape index (κ3) is 3.34. The van der Waals surface area contributed by atoms with Gasteiger partial charge in [0, 0.05) is 8.95 Å². The highest BCUT2D eigenvalue weighted by Crippen LogP contribution is 2.38. The van der Waals surface area contributed by atoms with Crippen LogP contribution in [0.3, 0.4) is 0 Å². The van der Waals surface area contributed by atoms with E-state index in [1.54, 1.807) is 0 Å². The maximum atomic E-state index is 5.80. The summed E-state index contributed by atoms with van der Waals surface area (Å²) in [5.41, 5.74) is -0.157. The molecule has 1 aliphatic heterocycles. The van der Waals surface area contributed by atoms with Gasteiger partial charge >= 0.3 is 0 Å². The fraction of sp³-hybridized carbons (Fsp3) is 0.333. The summed E-state index contributed by atoms with van der Waals surface area (Å²) in [6.45, 7) is 5.01. The van der Waals surface area contributed by atoms with Crippen molar-refractivity contribution in [1.29, 1.82) is 0 Å². The highest BCUT2D eigenvalue weighted by atomic mass is 79.9. The lowest BCUT2D eigenvalue weighted by Gasteiger charge is -2.13. The summed E-state index contributed by atoms with van der Waals surface area (Å²) in [7, 11) is 0. The number of hydrogen-bond acceptors (Lipinski definition) is 2. The van der Waals surface area contributed by atoms with Gasteiger partial charge < -0.3 is 9.47 Å². The molecule has 1 saturated heterocycles. The smallest absolute Gasteiger partial charge is 0.135 e. The molecule has 1 aliphatic rings. The Morgan fingerprint density at radius 1 is 1.41 bits per heavy atom. The van der Waals surface area contributed by atoms with Gasteiger partial charge in [-0.2, -0.15) is 0 Å². The lowest BCUT2D eigenvalue weighted by atomic mass is 10.1. The van der Waals surface area contributed by atoms with E-state index in [4.69, 9.17) is 9.47 Å². The summed E-state index contributed by atoms with van der Waals surface area (Å²) in [4.78, 5) is 0. The van der Waals surface area contributed by atoms with Crippen LogP contribution in [0, 0.1) is 0 Å². The van der Waals surface area contributed by atoms with E-state index in [1.807, 2.05) is 18.2 Å². The number of ether oxygens (including phenoxy) is 2. The Bertz CT molecular complexity index is 442. The Labute approximate surface area is 126 Å². The van der Waals surface area contributed by atoms with Crippen LogP contribution in [0.4, 0.5) is 0 Å². The van der Waals surface area contributed by atoms with E-state index in [2.05, 4.69) is 54.4 Å². The van der Waals surface area contributed by atoms with Crippen molar-refractivity contribution in [2.24, 2.45) is 0 Å². The molecule has 1 fully saturated rings. The predicted molar refractivity (Wildman–Crippen MR) is 78.5 cm³/mol. The third-order valence-electron chi connectivity index (χ3n) is 2.52. The van der Waals surface area contributed by atoms with E-state index in [1.165, 1.54) is 0 Å². The molecule has 2 nitrogen and oxygen atoms in total. The minimum atomic E-state index is -0.157. The van der Waals surface area contributed by atoms with Crippen molar-refractivity contribution in [3.63, 3.8) is 0 Å². The summed E-state index contributed by atoms with van der Waals surface area (Å²) in [5.74, 6) is 0.796. The van der Waals surface area contributed by atoms with Crippen molar-refractivity contribution in [3.8, 4) is 5.75 Å². The Morgan fingerprint density at radius 3 is 2.71 bits per heavy atom. The molecule has 0 aromatic heterocycles. The van der Waals surface area contributed by atoms with Crippen molar-refractivity contribution in [2.75, 3.05) is 13.2 Å². The first-order valence-corrected chi connectivity index (χ1v) is 7.46. The van der Waals surface area contributed by atoms with Crippen LogP contribution >= 0.6 is 47.8 Å². The van der Waals surface area contributed by atoms with E-state index in [9.17, 15) is 0 Å². The zero-order valence-electron chi connectivity index (χ0n) is 9.01. The predicted octanol–water partition coefficient (Wildman–Crippen LogP) is 4.70. The van der Waals surface area contributed by atoms with Crippen LogP contribution in [0.1, 0.15) is 6.42 Å². The highest BCUT2D eigenvalue weighted by Gasteiger charge is 2.44. The Hall–Kier alpha value is 0.160. The fourth-order valence-electron chi connectivity index (χ4n) is 1.47. The van der Waals surface area contributed by atoms with Crippen LogP contribution in [0.25, 0.3) is 0 Å². The molecule has 1 atom stereocenters. The fourth-order valence-corrected chi connectivity index (χ4v) is 3.00. The summed E-state index contributed by atoms with van der Waals surface area (Å²) in [5, 5.41) is 0. The van der Waals surface area contributed by atoms with Gasteiger partial charge in [0.15, 0.2) is 0 Å². The molecule has 2 rings (SSSR count). The second-order valence-electron chi connectivity index (χ2n) is 3.95. The zero-order valence-corrected chi connectivity index (χ0v) is 13.8. The molecule has 1 unspecified atom stereocenters. The molecular formula is C12H11Br3O2. The number of halogens is 3. The summed E-state index contributed by atoms with van der Waals surface area (Å²) < 4.78 is 14.1. The number of benzene rings is 1. The topological polar surface area (TPSA) is 21.8 Å². The number of hydrogen-bond donors (Lipinski definition) is 0. The minimum absolute atomic E-state index is 0.157. The van der Waals surface area contributed by atoms with Crippen LogP contribution < -0.4 is 4.74 Å². The molecule has 0 saturated carbocycles. The average molecular weight is 427 g/mol. The van der Waals surface area contributed by atoms with Gasteiger partial charge in [-0.15, -0.1) is 6.58 Å². The van der Waals surface area contributed by atoms with E-state index in [-0.39, 0.29) is 5.60 Å². The Balaban J connectivity index is 2.06. The van der Waals surface area contributed by atoms with Gasteiger partial charge in [0.25, 0.3) is 0 Å². The second kappa shape index (κ2) is 5.43. The third-order valence-corrected chi connectivity index (χ3v) is 4.95. The van der Waals surface area contributed by atoms with Crippen LogP contribution in [-0.4, -0.2) is 18.8 Å². The van der Waals surface area contributed by atoms with Crippen LogP contribution in [0.15, 0.2) is 38.2 Å². The first-order chi connectivity index (χ1) is 8.06. The average Bonchev–Trinajstić information content (AvgIpc) is 3.02. The zero-order chi connectivity index (χ0) is 12.5. The second-order valence-corrected chi connectivity index (χ2v) is 6.52. The molecule has 1 aromatic rings. The first-order valence-electron chi connectivity index (χ1n) is 5.08. The first kappa shape index (κ1) is 13.6. The Morgan fingerprint density at radius 2 is 2.12 bits per heavy atom. The molecule has 1 heterocycles. The molecule has 5 heteroatoms. The molecule has 1 aromatic carbocycles. The van der Waals surface area contributed by atoms with Gasteiger partial charge in [-0.05, 0) is 50.4 Å². The number of epoxide rings is 1. The summed E-state index contributed by atoms with van der Waals surface area (Å²) in [6, 6.07) is 3.89. The Kier molecular flexibility index (Phi) is 4.34. The molecule has 0 bridgehead atoms. The molecule has 92 valence electrons. The molecule has 0 amide bonds. The molecule has 0 radical (unpaired) electrons. The van der Waals surface area contributed by atoms with Gasteiger partial charge in [-0.3, -0.25) is 0 Å². The van der Waals surface area contributed by atoms with Crippen LogP contribution in [0.2, 0.25) is 0 Å². The molecule has 17 heavy (non-hydrogen) atoms. The van der Waals surface area contributed by atoms with Crippen molar-refractivity contribution < 1.29 is 9.47 Å². The maximum absolute atomic E-state index is 5.80. The van der Waals surface area contributed by atoms with Crippen LogP contribution in [-0.2, 0) is 4.74 Å². The lowest BCUT2D eigenvalue weighted by molar-refractivity contribution is 0.189. The SMILES string of the molecule is C=CCC1(COc2cc(Br)cc(Br)c2Br)CO1. The quantitative estimate of drug-likeness (QED) is 0.387. The van der Waals surface area contributed by atoms with Crippen molar-refractivity contribution in [3.05, 3.63) is 38.2 Å². The highest BCUT2D eigenvalue weighted by molar-refractivity contribution is 9.13. The van der Waals surface area contributed by atoms with Gasteiger partial charge in [0.2, 0.25) is 0 Å². The molecule has 0 spiro atoms. The van der Waals surface area contributed by atoms with Gasteiger partial charge in [-0.25, -0.2) is 0 Å². The minimum Gasteiger partial charge on any atom is -0.489 e. The molecular weight excluding hydrogens is 416 g/mol. The summed E-state index contributed by atoms with van der Waals surface area (Å²) >= 11 is 10.4. The standard InChI is InChI=1S/C12H11Br3O2/c1-2-3-12(7-17-12)6-16-10-5-8(13)4-9(14)11(10)15/h2,4-5H,1,3,6-7H2. The van der Waals surface area contributed by atoms with E-state index in [0.29, 0.717) is 6.61 Å². The molecule has 0 N–H and O–H groups in total. The lowest BCUT2D eigenvalue weighted by Crippen LogP contribution is -2.20. The maximum Gasteiger partial charge on any atom is 0.135 e.